The molecule has 2 heterocycles. The van der Waals surface area contributed by atoms with Crippen LogP contribution < -0.4 is 20.7 Å². The van der Waals surface area contributed by atoms with Gasteiger partial charge in [-0.25, -0.2) is 9.97 Å². The molecule has 2 amide bonds. The van der Waals surface area contributed by atoms with E-state index in [1.165, 1.54) is 6.08 Å². The summed E-state index contributed by atoms with van der Waals surface area (Å²) >= 11 is 0. The second kappa shape index (κ2) is 13.2. The Kier molecular flexibility index (Phi) is 9.05. The van der Waals surface area contributed by atoms with Crippen LogP contribution in [0.4, 0.5) is 17.3 Å². The number of rotatable bonds is 4. The third-order valence-electron chi connectivity index (χ3n) is 7.23. The summed E-state index contributed by atoms with van der Waals surface area (Å²) in [5.41, 5.74) is 4.23. The molecule has 3 aromatic rings. The molecule has 2 aliphatic rings. The van der Waals surface area contributed by atoms with Crippen LogP contribution in [0.1, 0.15) is 31.2 Å². The number of anilines is 3. The molecule has 3 N–H and O–H groups in total. The first kappa shape index (κ1) is 28.0. The maximum atomic E-state index is 13.2. The first-order valence-electron chi connectivity index (χ1n) is 14.0. The summed E-state index contributed by atoms with van der Waals surface area (Å²) in [6, 6.07) is 15.7. The van der Waals surface area contributed by atoms with Gasteiger partial charge in [-0.1, -0.05) is 30.9 Å². The molecular formula is C32H36N6O3. The Bertz CT molecular complexity index is 1440. The molecule has 0 saturated heterocycles. The molecule has 212 valence electrons. The smallest absolute Gasteiger partial charge is 0.243 e. The van der Waals surface area contributed by atoms with Crippen LogP contribution >= 0.6 is 0 Å². The molecule has 5 rings (SSSR count). The summed E-state index contributed by atoms with van der Waals surface area (Å²) in [7, 11) is 2.06. The van der Waals surface area contributed by atoms with Crippen molar-refractivity contribution in [3.8, 4) is 17.0 Å². The number of hydrogen-bond donors (Lipinski definition) is 3. The fourth-order valence-corrected chi connectivity index (χ4v) is 5.23. The van der Waals surface area contributed by atoms with Crippen molar-refractivity contribution in [2.45, 2.75) is 38.3 Å². The molecule has 2 atom stereocenters. The number of nitrogens with one attached hydrogen (secondary N) is 3. The van der Waals surface area contributed by atoms with Crippen molar-refractivity contribution < 1.29 is 14.3 Å². The van der Waals surface area contributed by atoms with Crippen LogP contribution in [-0.2, 0) is 16.1 Å². The van der Waals surface area contributed by atoms with Crippen LogP contribution in [0.25, 0.3) is 11.3 Å². The predicted molar refractivity (Wildman–Crippen MR) is 161 cm³/mol. The van der Waals surface area contributed by atoms with E-state index in [2.05, 4.69) is 57.7 Å². The van der Waals surface area contributed by atoms with Gasteiger partial charge in [-0.15, -0.1) is 0 Å². The van der Waals surface area contributed by atoms with Crippen molar-refractivity contribution in [1.82, 2.24) is 20.2 Å². The molecule has 0 radical (unpaired) electrons. The molecule has 9 heteroatoms. The van der Waals surface area contributed by atoms with Crippen LogP contribution in [0.15, 0.2) is 79.5 Å². The van der Waals surface area contributed by atoms with Crippen LogP contribution in [0.2, 0.25) is 0 Å². The second-order valence-electron chi connectivity index (χ2n) is 10.6. The summed E-state index contributed by atoms with van der Waals surface area (Å²) in [5, 5.41) is 9.36. The van der Waals surface area contributed by atoms with Crippen LogP contribution in [-0.4, -0.2) is 52.9 Å². The highest BCUT2D eigenvalue weighted by molar-refractivity contribution is 5.93. The van der Waals surface area contributed by atoms with Crippen LogP contribution in [0, 0.1) is 5.92 Å². The van der Waals surface area contributed by atoms with Gasteiger partial charge in [0.2, 0.25) is 17.8 Å². The van der Waals surface area contributed by atoms with Crippen molar-refractivity contribution >= 4 is 29.1 Å². The minimum Gasteiger partial charge on any atom is -0.493 e. The largest absolute Gasteiger partial charge is 0.493 e. The number of carbonyl (C=O) groups excluding carboxylic acids is 2. The molecule has 2 unspecified atom stereocenters. The maximum absolute atomic E-state index is 13.2. The Morgan fingerprint density at radius 1 is 1.15 bits per heavy atom. The van der Waals surface area contributed by atoms with Crippen LogP contribution in [0.3, 0.4) is 0 Å². The SMILES string of the molecule is C=CC(=O)NC1CCC(C(=O)Nc2cc3cc(c2)Nc2nccc(n2)-c2cccc(c2)OCC/C=C/CN(C)C3)C1. The van der Waals surface area contributed by atoms with E-state index >= 15 is 0 Å². The Morgan fingerprint density at radius 3 is 2.93 bits per heavy atom. The zero-order valence-corrected chi connectivity index (χ0v) is 23.3. The highest BCUT2D eigenvalue weighted by Crippen LogP contribution is 2.29. The number of amides is 2. The Labute approximate surface area is 240 Å². The lowest BCUT2D eigenvalue weighted by atomic mass is 10.1. The highest BCUT2D eigenvalue weighted by Gasteiger charge is 2.30. The summed E-state index contributed by atoms with van der Waals surface area (Å²) in [6.07, 6.45) is 10.2. The van der Waals surface area contributed by atoms with E-state index in [4.69, 9.17) is 9.72 Å². The number of likely N-dealkylation sites (N-methyl/N-ethyl adjacent to an activating group) is 1. The molecule has 1 fully saturated rings. The third-order valence-corrected chi connectivity index (χ3v) is 7.23. The van der Waals surface area contributed by atoms with E-state index in [1.807, 2.05) is 42.5 Å². The van der Waals surface area contributed by atoms with E-state index in [-0.39, 0.29) is 23.8 Å². The number of aromatic nitrogens is 2. The molecular weight excluding hydrogens is 516 g/mol. The van der Waals surface area contributed by atoms with Gasteiger partial charge in [-0.05, 0) is 80.8 Å². The van der Waals surface area contributed by atoms with E-state index in [0.717, 1.165) is 54.1 Å². The van der Waals surface area contributed by atoms with Crippen LogP contribution in [0.5, 0.6) is 5.75 Å². The predicted octanol–water partition coefficient (Wildman–Crippen LogP) is 5.07. The molecule has 1 aromatic heterocycles. The van der Waals surface area contributed by atoms with Gasteiger partial charge >= 0.3 is 0 Å². The molecule has 41 heavy (non-hydrogen) atoms. The van der Waals surface area contributed by atoms with E-state index in [1.54, 1.807) is 6.20 Å². The molecule has 1 aliphatic carbocycles. The molecule has 0 spiro atoms. The zero-order valence-electron chi connectivity index (χ0n) is 23.3. The molecule has 1 aliphatic heterocycles. The topological polar surface area (TPSA) is 108 Å². The fourth-order valence-electron chi connectivity index (χ4n) is 5.23. The Hall–Kier alpha value is -4.50. The first-order chi connectivity index (χ1) is 19.9. The number of benzene rings is 2. The van der Waals surface area contributed by atoms with Gasteiger partial charge in [0, 0.05) is 48.2 Å². The number of nitrogens with zero attached hydrogens (tertiary/aromatic N) is 3. The van der Waals surface area contributed by atoms with Crippen molar-refractivity contribution in [3.63, 3.8) is 0 Å². The van der Waals surface area contributed by atoms with Gasteiger partial charge < -0.3 is 20.7 Å². The number of fused-ring (bicyclic) bond motifs is 7. The van der Waals surface area contributed by atoms with Gasteiger partial charge in [0.05, 0.1) is 12.3 Å². The van der Waals surface area contributed by atoms with Crippen molar-refractivity contribution in [1.29, 1.82) is 0 Å². The number of carbonyl (C=O) groups is 2. The fraction of sp³-hybridized carbons (Fsp3) is 0.312. The van der Waals surface area contributed by atoms with Gasteiger partial charge in [-0.2, -0.15) is 0 Å². The molecule has 9 nitrogen and oxygen atoms in total. The lowest BCUT2D eigenvalue weighted by molar-refractivity contribution is -0.120. The average molecular weight is 553 g/mol. The van der Waals surface area contributed by atoms with E-state index in [0.29, 0.717) is 31.2 Å². The molecule has 2 aromatic carbocycles. The Balaban J connectivity index is 1.39. The first-order valence-corrected chi connectivity index (χ1v) is 14.0. The Morgan fingerprint density at radius 2 is 2.05 bits per heavy atom. The third kappa shape index (κ3) is 7.79. The quantitative estimate of drug-likeness (QED) is 0.306. The van der Waals surface area contributed by atoms with Crippen molar-refractivity contribution in [2.24, 2.45) is 5.92 Å². The highest BCUT2D eigenvalue weighted by atomic mass is 16.5. The lowest BCUT2D eigenvalue weighted by Gasteiger charge is -2.18. The van der Waals surface area contributed by atoms with Crippen molar-refractivity contribution in [2.75, 3.05) is 30.8 Å². The van der Waals surface area contributed by atoms with Gasteiger partial charge in [0.15, 0.2) is 0 Å². The minimum absolute atomic E-state index is 0.0152. The summed E-state index contributed by atoms with van der Waals surface area (Å²) in [4.78, 5) is 36.3. The summed E-state index contributed by atoms with van der Waals surface area (Å²) in [5.74, 6) is 0.832. The lowest BCUT2D eigenvalue weighted by Crippen LogP contribution is -2.32. The van der Waals surface area contributed by atoms with Gasteiger partial charge in [0.1, 0.15) is 5.75 Å². The van der Waals surface area contributed by atoms with Gasteiger partial charge in [-0.3, -0.25) is 14.5 Å². The van der Waals surface area contributed by atoms with E-state index in [9.17, 15) is 9.59 Å². The minimum atomic E-state index is -0.206. The van der Waals surface area contributed by atoms with Crippen molar-refractivity contribution in [3.05, 3.63) is 85.1 Å². The average Bonchev–Trinajstić information content (AvgIpc) is 3.43. The summed E-state index contributed by atoms with van der Waals surface area (Å²) in [6.45, 7) is 5.56. The number of hydrogen-bond acceptors (Lipinski definition) is 7. The standard InChI is InChI=1S/C32H36N6O3/c1-3-30(39)34-25-11-10-24(18-25)31(40)35-26-16-22-17-27(20-26)36-32-33-13-12-29(37-32)23-8-7-9-28(19-23)41-15-6-4-5-14-38(2)21-22/h3-5,7-9,12-13,16-17,19-20,24-25H,1,6,10-11,14-15,18,21H2,2H3,(H,34,39)(H,35,40)(H,33,36,37)/b5-4+. The molecule has 1 saturated carbocycles. The zero-order chi connectivity index (χ0) is 28.6. The van der Waals surface area contributed by atoms with E-state index < -0.39 is 0 Å². The molecule has 6 bridgehead atoms. The van der Waals surface area contributed by atoms with Gasteiger partial charge in [0.25, 0.3) is 0 Å². The monoisotopic (exact) mass is 552 g/mol. The normalized spacial score (nSPS) is 19.9. The number of ether oxygens (including phenoxy) is 1. The maximum Gasteiger partial charge on any atom is 0.243 e. The second-order valence-corrected chi connectivity index (χ2v) is 10.6. The summed E-state index contributed by atoms with van der Waals surface area (Å²) < 4.78 is 5.95.